The lowest BCUT2D eigenvalue weighted by Gasteiger charge is -2.29. The first-order valence-corrected chi connectivity index (χ1v) is 7.75. The molecule has 3 rings (SSSR count). The van der Waals surface area contributed by atoms with Crippen LogP contribution in [0.4, 0.5) is 5.69 Å². The molecule has 1 aliphatic rings. The van der Waals surface area contributed by atoms with E-state index in [-0.39, 0.29) is 5.69 Å². The maximum atomic E-state index is 11.3. The smallest absolute Gasteiger partial charge is 0.323 e. The number of hydrogen-bond acceptors (Lipinski definition) is 3. The van der Waals surface area contributed by atoms with Crippen LogP contribution in [0.15, 0.2) is 21.4 Å². The minimum absolute atomic E-state index is 0.167. The summed E-state index contributed by atoms with van der Waals surface area (Å²) in [4.78, 5) is 19.2. The van der Waals surface area contributed by atoms with E-state index in [0.29, 0.717) is 0 Å². The summed E-state index contributed by atoms with van der Waals surface area (Å²) in [6.07, 6.45) is 2.48. The molecule has 0 unspecified atom stereocenters. The number of piperidine rings is 1. The fourth-order valence-electron chi connectivity index (χ4n) is 2.71. The molecule has 0 amide bonds. The fraction of sp³-hybridized carbons (Fsp3) is 0.500. The van der Waals surface area contributed by atoms with Crippen molar-refractivity contribution in [3.8, 4) is 0 Å². The van der Waals surface area contributed by atoms with E-state index < -0.39 is 0 Å². The quantitative estimate of drug-likeness (QED) is 0.805. The normalized spacial score (nSPS) is 17.7. The molecule has 5 nitrogen and oxygen atoms in total. The highest BCUT2D eigenvalue weighted by Gasteiger charge is 2.16. The number of H-pyrrole nitrogens is 2. The summed E-state index contributed by atoms with van der Waals surface area (Å²) in [7, 11) is 2.18. The van der Waals surface area contributed by atoms with Crippen molar-refractivity contribution in [1.82, 2.24) is 14.9 Å². The molecule has 0 atom stereocenters. The molecule has 1 aromatic heterocycles. The molecule has 0 spiro atoms. The molecule has 0 radical (unpaired) electrons. The summed E-state index contributed by atoms with van der Waals surface area (Å²) in [5, 5.41) is 3.50. The Morgan fingerprint density at radius 2 is 1.95 bits per heavy atom. The van der Waals surface area contributed by atoms with E-state index in [0.717, 1.165) is 33.7 Å². The fourth-order valence-corrected chi connectivity index (χ4v) is 3.20. The van der Waals surface area contributed by atoms with Crippen LogP contribution in [0.5, 0.6) is 0 Å². The monoisotopic (exact) mass is 338 g/mol. The first-order chi connectivity index (χ1) is 9.61. The molecule has 1 fully saturated rings. The molecule has 1 aromatic carbocycles. The summed E-state index contributed by atoms with van der Waals surface area (Å²) >= 11 is 3.55. The molecular formula is C14H19BrN4O. The number of anilines is 1. The number of likely N-dealkylation sites (tertiary alicyclic amines) is 1. The van der Waals surface area contributed by atoms with Crippen LogP contribution in [0.1, 0.15) is 12.8 Å². The molecule has 0 aliphatic carbocycles. The third-order valence-electron chi connectivity index (χ3n) is 4.02. The van der Waals surface area contributed by atoms with Crippen molar-refractivity contribution >= 4 is 32.7 Å². The third-order valence-corrected chi connectivity index (χ3v) is 4.68. The van der Waals surface area contributed by atoms with Crippen molar-refractivity contribution in [3.63, 3.8) is 0 Å². The molecule has 2 aromatic rings. The summed E-state index contributed by atoms with van der Waals surface area (Å²) in [5.74, 6) is 0.721. The first-order valence-electron chi connectivity index (χ1n) is 6.96. The number of aromatic nitrogens is 2. The highest BCUT2D eigenvalue weighted by atomic mass is 79.9. The molecule has 1 saturated heterocycles. The van der Waals surface area contributed by atoms with Gasteiger partial charge in [-0.25, -0.2) is 4.79 Å². The van der Waals surface area contributed by atoms with Crippen LogP contribution in [-0.4, -0.2) is 41.5 Å². The third kappa shape index (κ3) is 2.91. The van der Waals surface area contributed by atoms with E-state index in [1.165, 1.54) is 25.9 Å². The number of fused-ring (bicyclic) bond motifs is 1. The first kappa shape index (κ1) is 13.7. The van der Waals surface area contributed by atoms with Gasteiger partial charge in [0.2, 0.25) is 0 Å². The minimum atomic E-state index is -0.167. The summed E-state index contributed by atoms with van der Waals surface area (Å²) < 4.78 is 0.980. The van der Waals surface area contributed by atoms with E-state index in [4.69, 9.17) is 0 Å². The maximum absolute atomic E-state index is 11.3. The second kappa shape index (κ2) is 5.61. The standard InChI is InChI=1S/C14H19BrN4O/c1-19-4-2-9(3-5-19)8-16-11-7-13-12(6-10(11)15)17-14(20)18-13/h6-7,9,16H,2-5,8H2,1H3,(H2,17,18,20). The Balaban J connectivity index is 1.70. The average Bonchev–Trinajstić information content (AvgIpc) is 2.77. The second-order valence-corrected chi connectivity index (χ2v) is 6.44. The zero-order valence-corrected chi connectivity index (χ0v) is 13.1. The lowest BCUT2D eigenvalue weighted by Crippen LogP contribution is -2.32. The molecular weight excluding hydrogens is 320 g/mol. The topological polar surface area (TPSA) is 63.9 Å². The minimum Gasteiger partial charge on any atom is -0.384 e. The molecule has 108 valence electrons. The zero-order chi connectivity index (χ0) is 14.1. The van der Waals surface area contributed by atoms with Gasteiger partial charge in [0, 0.05) is 11.0 Å². The van der Waals surface area contributed by atoms with Crippen LogP contribution in [0, 0.1) is 5.92 Å². The Hall–Kier alpha value is -1.27. The predicted molar refractivity (Wildman–Crippen MR) is 85.3 cm³/mol. The molecule has 1 aliphatic heterocycles. The Labute approximate surface area is 125 Å². The number of hydrogen-bond donors (Lipinski definition) is 3. The summed E-state index contributed by atoms with van der Waals surface area (Å²) in [5.41, 5.74) is 2.53. The van der Waals surface area contributed by atoms with E-state index in [1.807, 2.05) is 12.1 Å². The van der Waals surface area contributed by atoms with Crippen molar-refractivity contribution in [2.75, 3.05) is 32.0 Å². The Morgan fingerprint density at radius 3 is 2.65 bits per heavy atom. The maximum Gasteiger partial charge on any atom is 0.323 e. The van der Waals surface area contributed by atoms with Crippen molar-refractivity contribution in [1.29, 1.82) is 0 Å². The second-order valence-electron chi connectivity index (χ2n) is 5.58. The van der Waals surface area contributed by atoms with Crippen molar-refractivity contribution in [2.45, 2.75) is 12.8 Å². The van der Waals surface area contributed by atoms with Gasteiger partial charge in [-0.15, -0.1) is 0 Å². The van der Waals surface area contributed by atoms with E-state index >= 15 is 0 Å². The Kier molecular flexibility index (Phi) is 3.85. The number of halogens is 1. The molecule has 20 heavy (non-hydrogen) atoms. The molecule has 0 bridgehead atoms. The van der Waals surface area contributed by atoms with Crippen LogP contribution in [0.3, 0.4) is 0 Å². The van der Waals surface area contributed by atoms with Crippen LogP contribution >= 0.6 is 15.9 Å². The van der Waals surface area contributed by atoms with Gasteiger partial charge in [-0.2, -0.15) is 0 Å². The summed E-state index contributed by atoms with van der Waals surface area (Å²) in [6.45, 7) is 3.34. The van der Waals surface area contributed by atoms with Crippen molar-refractivity contribution in [2.24, 2.45) is 5.92 Å². The van der Waals surface area contributed by atoms with Gasteiger partial charge in [-0.05, 0) is 67.0 Å². The van der Waals surface area contributed by atoms with Crippen LogP contribution < -0.4 is 11.0 Å². The van der Waals surface area contributed by atoms with Gasteiger partial charge in [-0.3, -0.25) is 0 Å². The number of rotatable bonds is 3. The van der Waals surface area contributed by atoms with E-state index in [2.05, 4.69) is 43.2 Å². The molecule has 2 heterocycles. The number of imidazole rings is 1. The van der Waals surface area contributed by atoms with Crippen molar-refractivity contribution in [3.05, 3.63) is 27.1 Å². The van der Waals surface area contributed by atoms with Gasteiger partial charge in [0.15, 0.2) is 0 Å². The SMILES string of the molecule is CN1CCC(CNc2cc3[nH]c(=O)[nH]c3cc2Br)CC1. The lowest BCUT2D eigenvalue weighted by molar-refractivity contribution is 0.226. The highest BCUT2D eigenvalue weighted by molar-refractivity contribution is 9.10. The number of benzene rings is 1. The number of aromatic amines is 2. The summed E-state index contributed by atoms with van der Waals surface area (Å²) in [6, 6.07) is 3.91. The zero-order valence-electron chi connectivity index (χ0n) is 11.5. The van der Waals surface area contributed by atoms with Gasteiger partial charge >= 0.3 is 5.69 Å². The predicted octanol–water partition coefficient (Wildman–Crippen LogP) is 2.37. The molecule has 6 heteroatoms. The number of nitrogens with one attached hydrogen (secondary N) is 3. The van der Waals surface area contributed by atoms with Gasteiger partial charge in [0.25, 0.3) is 0 Å². The van der Waals surface area contributed by atoms with Crippen LogP contribution in [0.2, 0.25) is 0 Å². The van der Waals surface area contributed by atoms with Gasteiger partial charge in [0.1, 0.15) is 0 Å². The van der Waals surface area contributed by atoms with Gasteiger partial charge in [-0.1, -0.05) is 0 Å². The van der Waals surface area contributed by atoms with Gasteiger partial charge in [0.05, 0.1) is 16.7 Å². The molecule has 0 saturated carbocycles. The van der Waals surface area contributed by atoms with Crippen LogP contribution in [0.25, 0.3) is 11.0 Å². The Morgan fingerprint density at radius 1 is 1.30 bits per heavy atom. The van der Waals surface area contributed by atoms with Crippen LogP contribution in [-0.2, 0) is 0 Å². The molecule has 3 N–H and O–H groups in total. The average molecular weight is 339 g/mol. The van der Waals surface area contributed by atoms with Gasteiger partial charge < -0.3 is 20.2 Å². The number of nitrogens with zero attached hydrogens (tertiary/aromatic N) is 1. The lowest BCUT2D eigenvalue weighted by atomic mass is 9.97. The van der Waals surface area contributed by atoms with E-state index in [1.54, 1.807) is 0 Å². The Bertz CT molecular complexity index is 655. The highest BCUT2D eigenvalue weighted by Crippen LogP contribution is 2.27. The largest absolute Gasteiger partial charge is 0.384 e. The van der Waals surface area contributed by atoms with Crippen molar-refractivity contribution < 1.29 is 0 Å². The van der Waals surface area contributed by atoms with E-state index in [9.17, 15) is 4.79 Å².